The van der Waals surface area contributed by atoms with Gasteiger partial charge in [0, 0.05) is 12.1 Å². The van der Waals surface area contributed by atoms with E-state index in [4.69, 9.17) is 40.2 Å². The van der Waals surface area contributed by atoms with Gasteiger partial charge in [-0.1, -0.05) is 41.4 Å². The van der Waals surface area contributed by atoms with E-state index in [0.717, 1.165) is 0 Å². The first kappa shape index (κ1) is 19.4. The minimum atomic E-state index is -0.346. The quantitative estimate of drug-likeness (QED) is 0.425. The molecule has 0 atom stereocenters. The van der Waals surface area contributed by atoms with Crippen LogP contribution >= 0.6 is 35.4 Å². The molecule has 4 nitrogen and oxygen atoms in total. The zero-order chi connectivity index (χ0) is 18.2. The van der Waals surface area contributed by atoms with Gasteiger partial charge in [-0.05, 0) is 42.9 Å². The van der Waals surface area contributed by atoms with Gasteiger partial charge in [-0.15, -0.1) is 0 Å². The van der Waals surface area contributed by atoms with Crippen LogP contribution in [0.3, 0.4) is 0 Å². The second-order valence-electron chi connectivity index (χ2n) is 4.92. The summed E-state index contributed by atoms with van der Waals surface area (Å²) >= 11 is 17.4. The van der Waals surface area contributed by atoms with Gasteiger partial charge in [0.15, 0.2) is 10.9 Å². The van der Waals surface area contributed by atoms with Gasteiger partial charge < -0.3 is 10.1 Å². The topological polar surface area (TPSA) is 45.7 Å². The van der Waals surface area contributed by atoms with E-state index in [1.807, 2.05) is 6.92 Å². The Kier molecular flexibility index (Phi) is 7.43. The molecule has 0 fully saturated rings. The number of thiocarbonyl (C=S) groups is 1. The molecule has 0 saturated heterocycles. The van der Waals surface area contributed by atoms with E-state index in [2.05, 4.69) is 15.8 Å². The van der Waals surface area contributed by atoms with Crippen molar-refractivity contribution in [2.24, 2.45) is 5.10 Å². The maximum absolute atomic E-state index is 13.6. The molecule has 25 heavy (non-hydrogen) atoms. The van der Waals surface area contributed by atoms with Crippen molar-refractivity contribution in [3.63, 3.8) is 0 Å². The zero-order valence-electron chi connectivity index (χ0n) is 13.4. The Bertz CT molecular complexity index is 763. The number of rotatable bonds is 6. The summed E-state index contributed by atoms with van der Waals surface area (Å²) in [5.74, 6) is -0.0545. The average molecular weight is 400 g/mol. The Balaban J connectivity index is 2.05. The van der Waals surface area contributed by atoms with Crippen molar-refractivity contribution in [3.8, 4) is 5.75 Å². The van der Waals surface area contributed by atoms with Gasteiger partial charge in [-0.25, -0.2) is 4.39 Å². The molecule has 2 aromatic carbocycles. The molecular formula is C17H16Cl2FN3OS. The van der Waals surface area contributed by atoms with Crippen LogP contribution in [0.1, 0.15) is 18.1 Å². The molecular weight excluding hydrogens is 384 g/mol. The van der Waals surface area contributed by atoms with E-state index >= 15 is 0 Å². The van der Waals surface area contributed by atoms with E-state index < -0.39 is 0 Å². The van der Waals surface area contributed by atoms with Crippen molar-refractivity contribution in [1.29, 1.82) is 0 Å². The lowest BCUT2D eigenvalue weighted by Gasteiger charge is -2.11. The van der Waals surface area contributed by atoms with Gasteiger partial charge >= 0.3 is 0 Å². The average Bonchev–Trinajstić information content (AvgIpc) is 2.56. The van der Waals surface area contributed by atoms with Gasteiger partial charge in [0.1, 0.15) is 12.4 Å². The standard InChI is InChI=1S/C17H16Cl2FN3OS/c1-2-21-17(25)23-22-9-11-7-13(18)16(14(19)8-11)24-10-12-5-3-4-6-15(12)20/h3-9H,2,10H2,1H3,(H2,21,23,25). The Morgan fingerprint density at radius 3 is 2.60 bits per heavy atom. The lowest BCUT2D eigenvalue weighted by atomic mass is 10.2. The van der Waals surface area contributed by atoms with Crippen molar-refractivity contribution >= 4 is 46.7 Å². The van der Waals surface area contributed by atoms with Crippen LogP contribution in [-0.2, 0) is 6.61 Å². The summed E-state index contributed by atoms with van der Waals surface area (Å²) < 4.78 is 19.2. The minimum Gasteiger partial charge on any atom is -0.486 e. The third kappa shape index (κ3) is 5.85. The highest BCUT2D eigenvalue weighted by molar-refractivity contribution is 7.80. The highest BCUT2D eigenvalue weighted by Gasteiger charge is 2.11. The van der Waals surface area contributed by atoms with Crippen LogP contribution < -0.4 is 15.5 Å². The van der Waals surface area contributed by atoms with E-state index in [1.54, 1.807) is 30.3 Å². The fourth-order valence-corrected chi connectivity index (χ4v) is 2.73. The van der Waals surface area contributed by atoms with Gasteiger partial charge in [-0.2, -0.15) is 5.10 Å². The maximum atomic E-state index is 13.6. The molecule has 0 heterocycles. The number of hydrogen-bond donors (Lipinski definition) is 2. The van der Waals surface area contributed by atoms with Crippen LogP contribution in [-0.4, -0.2) is 17.9 Å². The molecule has 0 radical (unpaired) electrons. The molecule has 0 aliphatic rings. The number of halogens is 3. The summed E-state index contributed by atoms with van der Waals surface area (Å²) in [6, 6.07) is 9.64. The summed E-state index contributed by atoms with van der Waals surface area (Å²) in [4.78, 5) is 0. The summed E-state index contributed by atoms with van der Waals surface area (Å²) in [7, 11) is 0. The number of ether oxygens (including phenoxy) is 1. The van der Waals surface area contributed by atoms with Crippen molar-refractivity contribution in [2.45, 2.75) is 13.5 Å². The Morgan fingerprint density at radius 2 is 1.96 bits per heavy atom. The predicted octanol–water partition coefficient (Wildman–Crippen LogP) is 4.53. The van der Waals surface area contributed by atoms with Crippen LogP contribution in [0.5, 0.6) is 5.75 Å². The molecule has 2 N–H and O–H groups in total. The maximum Gasteiger partial charge on any atom is 0.186 e. The molecule has 0 bridgehead atoms. The Hall–Kier alpha value is -1.89. The zero-order valence-corrected chi connectivity index (χ0v) is 15.7. The molecule has 0 aromatic heterocycles. The summed E-state index contributed by atoms with van der Waals surface area (Å²) in [6.45, 7) is 2.66. The molecule has 132 valence electrons. The van der Waals surface area contributed by atoms with Crippen molar-refractivity contribution in [1.82, 2.24) is 10.7 Å². The van der Waals surface area contributed by atoms with Crippen LogP contribution in [0.25, 0.3) is 0 Å². The van der Waals surface area contributed by atoms with Crippen LogP contribution in [0.15, 0.2) is 41.5 Å². The fraction of sp³-hybridized carbons (Fsp3) is 0.176. The number of nitrogens with zero attached hydrogens (tertiary/aromatic N) is 1. The van der Waals surface area contributed by atoms with Crippen LogP contribution in [0, 0.1) is 5.82 Å². The number of nitrogens with one attached hydrogen (secondary N) is 2. The van der Waals surface area contributed by atoms with Gasteiger partial charge in [0.2, 0.25) is 0 Å². The number of hydrazone groups is 1. The number of hydrogen-bond acceptors (Lipinski definition) is 3. The molecule has 2 rings (SSSR count). The van der Waals surface area contributed by atoms with E-state index in [0.29, 0.717) is 38.6 Å². The minimum absolute atomic E-state index is 0.0259. The predicted molar refractivity (Wildman–Crippen MR) is 104 cm³/mol. The summed E-state index contributed by atoms with van der Waals surface area (Å²) in [5, 5.41) is 7.92. The van der Waals surface area contributed by atoms with Gasteiger partial charge in [-0.3, -0.25) is 5.43 Å². The lowest BCUT2D eigenvalue weighted by Crippen LogP contribution is -2.31. The summed E-state index contributed by atoms with van der Waals surface area (Å²) in [5.41, 5.74) is 3.75. The van der Waals surface area contributed by atoms with E-state index in [1.165, 1.54) is 12.3 Å². The van der Waals surface area contributed by atoms with Crippen molar-refractivity contribution in [3.05, 3.63) is 63.4 Å². The highest BCUT2D eigenvalue weighted by Crippen LogP contribution is 2.34. The normalized spacial score (nSPS) is 10.7. The molecule has 0 saturated carbocycles. The van der Waals surface area contributed by atoms with E-state index in [9.17, 15) is 4.39 Å². The Labute approximate surface area is 161 Å². The van der Waals surface area contributed by atoms with Crippen LogP contribution in [0.4, 0.5) is 4.39 Å². The second-order valence-corrected chi connectivity index (χ2v) is 6.15. The molecule has 2 aromatic rings. The first-order chi connectivity index (χ1) is 12.0. The fourth-order valence-electron chi connectivity index (χ4n) is 1.92. The monoisotopic (exact) mass is 399 g/mol. The SMILES string of the molecule is CCNC(=S)NN=Cc1cc(Cl)c(OCc2ccccc2F)c(Cl)c1. The second kappa shape index (κ2) is 9.56. The molecule has 0 aliphatic carbocycles. The molecule has 0 unspecified atom stereocenters. The summed E-state index contributed by atoms with van der Waals surface area (Å²) in [6.07, 6.45) is 1.53. The third-order valence-corrected chi connectivity index (χ3v) is 3.86. The molecule has 0 amide bonds. The molecule has 0 spiro atoms. The van der Waals surface area contributed by atoms with Gasteiger partial charge in [0.25, 0.3) is 0 Å². The first-order valence-corrected chi connectivity index (χ1v) is 8.59. The largest absolute Gasteiger partial charge is 0.486 e. The Morgan fingerprint density at radius 1 is 1.28 bits per heavy atom. The molecule has 8 heteroatoms. The van der Waals surface area contributed by atoms with Crippen molar-refractivity contribution < 1.29 is 9.13 Å². The van der Waals surface area contributed by atoms with Gasteiger partial charge in [0.05, 0.1) is 16.3 Å². The highest BCUT2D eigenvalue weighted by atomic mass is 35.5. The smallest absolute Gasteiger partial charge is 0.186 e. The van der Waals surface area contributed by atoms with Crippen LogP contribution in [0.2, 0.25) is 10.0 Å². The first-order valence-electron chi connectivity index (χ1n) is 7.43. The molecule has 0 aliphatic heterocycles. The number of benzene rings is 2. The van der Waals surface area contributed by atoms with Crippen molar-refractivity contribution in [2.75, 3.05) is 6.54 Å². The third-order valence-electron chi connectivity index (χ3n) is 3.07. The van der Waals surface area contributed by atoms with E-state index in [-0.39, 0.29) is 12.4 Å². The lowest BCUT2D eigenvalue weighted by molar-refractivity contribution is 0.300.